The van der Waals surface area contributed by atoms with Gasteiger partial charge in [-0.2, -0.15) is 0 Å². The Morgan fingerprint density at radius 2 is 2.00 bits per heavy atom. The van der Waals surface area contributed by atoms with Crippen molar-refractivity contribution in [3.63, 3.8) is 0 Å². The van der Waals surface area contributed by atoms with E-state index >= 15 is 0 Å². The molecular weight excluding hydrogens is 472 g/mol. The highest BCUT2D eigenvalue weighted by Gasteiger charge is 2.31. The number of ether oxygens (including phenoxy) is 1. The molecule has 3 aromatic rings. The third kappa shape index (κ3) is 5.61. The third-order valence-corrected chi connectivity index (χ3v) is 7.24. The van der Waals surface area contributed by atoms with Crippen molar-refractivity contribution in [3.05, 3.63) is 64.9 Å². The second kappa shape index (κ2) is 11.0. The number of rotatable bonds is 9. The van der Waals surface area contributed by atoms with E-state index in [1.165, 1.54) is 32.1 Å². The molecule has 2 heterocycles. The molecule has 0 bridgehead atoms. The molecule has 5 rings (SSSR count). The second-order valence-corrected chi connectivity index (χ2v) is 9.73. The number of methoxy groups -OCH3 is 1. The van der Waals surface area contributed by atoms with Crippen LogP contribution in [-0.2, 0) is 17.9 Å². The molecule has 1 aliphatic heterocycles. The summed E-state index contributed by atoms with van der Waals surface area (Å²) >= 11 is 0. The van der Waals surface area contributed by atoms with E-state index in [9.17, 15) is 14.4 Å². The van der Waals surface area contributed by atoms with Crippen molar-refractivity contribution in [2.75, 3.05) is 13.7 Å². The number of benzene rings is 2. The van der Waals surface area contributed by atoms with Gasteiger partial charge in [-0.25, -0.2) is 4.79 Å². The van der Waals surface area contributed by atoms with Crippen LogP contribution < -0.4 is 20.7 Å². The van der Waals surface area contributed by atoms with Gasteiger partial charge in [0.15, 0.2) is 0 Å². The van der Waals surface area contributed by atoms with Crippen molar-refractivity contribution in [3.8, 4) is 5.75 Å². The number of nitrogens with zero attached hydrogens (tertiary/aromatic N) is 1. The molecule has 1 aliphatic carbocycles. The van der Waals surface area contributed by atoms with Crippen LogP contribution in [-0.4, -0.2) is 42.9 Å². The fraction of sp³-hybridized carbons (Fsp3) is 0.393. The zero-order valence-electron chi connectivity index (χ0n) is 20.9. The smallest absolute Gasteiger partial charge is 0.321 e. The standard InChI is InChI=1S/C28H32N4O5/c1-36-22-9-8-19-15-32(27(34)23(19)13-22)16-24(31-28(35)30-17-33)26-12-20-11-18(7-10-25(20)37-26)14-29-21-5-3-2-4-6-21/h7-13,17,21,24,29H,2-6,14-16H2,1H3,(H2,30,31,33,35). The Morgan fingerprint density at radius 1 is 1.16 bits per heavy atom. The van der Waals surface area contributed by atoms with Crippen molar-refractivity contribution in [1.82, 2.24) is 20.9 Å². The van der Waals surface area contributed by atoms with Crippen LogP contribution in [0.5, 0.6) is 5.75 Å². The van der Waals surface area contributed by atoms with Crippen LogP contribution in [0.25, 0.3) is 11.0 Å². The predicted octanol–water partition coefficient (Wildman–Crippen LogP) is 4.02. The van der Waals surface area contributed by atoms with Crippen LogP contribution >= 0.6 is 0 Å². The molecule has 0 spiro atoms. The van der Waals surface area contributed by atoms with Crippen molar-refractivity contribution < 1.29 is 23.5 Å². The van der Waals surface area contributed by atoms with E-state index in [4.69, 9.17) is 9.15 Å². The number of nitrogens with one attached hydrogen (secondary N) is 3. The summed E-state index contributed by atoms with van der Waals surface area (Å²) in [6.45, 7) is 1.37. The normalized spacial score (nSPS) is 16.5. The molecule has 37 heavy (non-hydrogen) atoms. The number of imide groups is 1. The van der Waals surface area contributed by atoms with Crippen molar-refractivity contribution >= 4 is 29.3 Å². The number of fused-ring (bicyclic) bond motifs is 2. The highest BCUT2D eigenvalue weighted by atomic mass is 16.5. The molecular formula is C28H32N4O5. The molecule has 1 aromatic heterocycles. The van der Waals surface area contributed by atoms with Crippen LogP contribution in [0.15, 0.2) is 46.9 Å². The number of hydrogen-bond donors (Lipinski definition) is 3. The van der Waals surface area contributed by atoms with Gasteiger partial charge in [-0.1, -0.05) is 31.4 Å². The first kappa shape index (κ1) is 24.8. The van der Waals surface area contributed by atoms with Crippen LogP contribution in [0.4, 0.5) is 4.79 Å². The lowest BCUT2D eigenvalue weighted by Crippen LogP contribution is -2.42. The molecule has 0 radical (unpaired) electrons. The first-order valence-electron chi connectivity index (χ1n) is 12.8. The number of amides is 4. The van der Waals surface area contributed by atoms with Gasteiger partial charge in [0.2, 0.25) is 6.41 Å². The van der Waals surface area contributed by atoms with Crippen LogP contribution in [0.3, 0.4) is 0 Å². The summed E-state index contributed by atoms with van der Waals surface area (Å²) in [6.07, 6.45) is 6.66. The van der Waals surface area contributed by atoms with E-state index in [1.54, 1.807) is 18.1 Å². The predicted molar refractivity (Wildman–Crippen MR) is 138 cm³/mol. The maximum Gasteiger partial charge on any atom is 0.321 e. The van der Waals surface area contributed by atoms with Gasteiger partial charge >= 0.3 is 6.03 Å². The number of furan rings is 1. The molecule has 1 saturated carbocycles. The molecule has 1 unspecified atom stereocenters. The summed E-state index contributed by atoms with van der Waals surface area (Å²) in [5.74, 6) is 0.971. The summed E-state index contributed by atoms with van der Waals surface area (Å²) in [5, 5.41) is 9.45. The monoisotopic (exact) mass is 504 g/mol. The molecule has 0 saturated heterocycles. The Balaban J connectivity index is 1.34. The lowest BCUT2D eigenvalue weighted by molar-refractivity contribution is -0.108. The minimum absolute atomic E-state index is 0.149. The molecule has 1 atom stereocenters. The first-order chi connectivity index (χ1) is 18.0. The van der Waals surface area contributed by atoms with Crippen LogP contribution in [0, 0.1) is 0 Å². The van der Waals surface area contributed by atoms with Crippen LogP contribution in [0.1, 0.15) is 65.4 Å². The SMILES string of the molecule is COc1ccc2c(c1)C(=O)N(CC(NC(=O)NC=O)c1cc3cc(CNC4CCCCC4)ccc3o1)C2. The Morgan fingerprint density at radius 3 is 2.78 bits per heavy atom. The molecule has 2 aliphatic rings. The van der Waals surface area contributed by atoms with Crippen LogP contribution in [0.2, 0.25) is 0 Å². The minimum atomic E-state index is -0.663. The van der Waals surface area contributed by atoms with Gasteiger partial charge in [-0.15, -0.1) is 0 Å². The molecule has 9 nitrogen and oxygen atoms in total. The average Bonchev–Trinajstić information content (AvgIpc) is 3.48. The Hall–Kier alpha value is -3.85. The minimum Gasteiger partial charge on any atom is -0.497 e. The highest BCUT2D eigenvalue weighted by molar-refractivity contribution is 5.98. The first-order valence-corrected chi connectivity index (χ1v) is 12.8. The van der Waals surface area contributed by atoms with E-state index in [1.807, 2.05) is 30.3 Å². The molecule has 4 amide bonds. The maximum absolute atomic E-state index is 13.1. The number of carbonyl (C=O) groups excluding carboxylic acids is 3. The van der Waals surface area contributed by atoms with Crippen molar-refractivity contribution in [1.29, 1.82) is 0 Å². The van der Waals surface area contributed by atoms with Gasteiger partial charge in [-0.05, 0) is 54.3 Å². The van der Waals surface area contributed by atoms with E-state index in [0.717, 1.165) is 23.1 Å². The maximum atomic E-state index is 13.1. The number of hydrogen-bond acceptors (Lipinski definition) is 6. The van der Waals surface area contributed by atoms with Gasteiger partial charge < -0.3 is 24.7 Å². The summed E-state index contributed by atoms with van der Waals surface area (Å²) in [5.41, 5.74) is 3.32. The molecule has 3 N–H and O–H groups in total. The second-order valence-electron chi connectivity index (χ2n) is 9.73. The van der Waals surface area contributed by atoms with Gasteiger partial charge in [0, 0.05) is 36.6 Å². The molecule has 194 valence electrons. The topological polar surface area (TPSA) is 113 Å². The fourth-order valence-corrected chi connectivity index (χ4v) is 5.26. The zero-order valence-corrected chi connectivity index (χ0v) is 20.9. The van der Waals surface area contributed by atoms with E-state index in [2.05, 4.69) is 22.0 Å². The summed E-state index contributed by atoms with van der Waals surface area (Å²) in [6, 6.07) is 12.6. The summed E-state index contributed by atoms with van der Waals surface area (Å²) in [4.78, 5) is 37.8. The lowest BCUT2D eigenvalue weighted by Gasteiger charge is -2.23. The average molecular weight is 505 g/mol. The van der Waals surface area contributed by atoms with Gasteiger partial charge in [0.05, 0.1) is 7.11 Å². The number of urea groups is 1. The van der Waals surface area contributed by atoms with Gasteiger partial charge in [-0.3, -0.25) is 14.9 Å². The Bertz CT molecular complexity index is 1300. The van der Waals surface area contributed by atoms with Gasteiger partial charge in [0.1, 0.15) is 23.1 Å². The van der Waals surface area contributed by atoms with Crippen molar-refractivity contribution in [2.45, 2.75) is 57.3 Å². The third-order valence-electron chi connectivity index (χ3n) is 7.24. The largest absolute Gasteiger partial charge is 0.497 e. The molecule has 1 fully saturated rings. The molecule has 9 heteroatoms. The summed E-state index contributed by atoms with van der Waals surface area (Å²) in [7, 11) is 1.56. The lowest BCUT2D eigenvalue weighted by atomic mass is 9.95. The Labute approximate surface area is 215 Å². The summed E-state index contributed by atoms with van der Waals surface area (Å²) < 4.78 is 11.4. The van der Waals surface area contributed by atoms with E-state index in [-0.39, 0.29) is 12.5 Å². The Kier molecular flexibility index (Phi) is 7.41. The van der Waals surface area contributed by atoms with Gasteiger partial charge in [0.25, 0.3) is 5.91 Å². The fourth-order valence-electron chi connectivity index (χ4n) is 5.26. The molecule has 2 aromatic carbocycles. The number of carbonyl (C=O) groups is 3. The van der Waals surface area contributed by atoms with E-state index in [0.29, 0.717) is 41.7 Å². The van der Waals surface area contributed by atoms with Crippen molar-refractivity contribution in [2.24, 2.45) is 0 Å². The highest BCUT2D eigenvalue weighted by Crippen LogP contribution is 2.31. The van der Waals surface area contributed by atoms with E-state index < -0.39 is 12.1 Å². The quantitative estimate of drug-likeness (QED) is 0.380. The zero-order chi connectivity index (χ0) is 25.8.